The predicted molar refractivity (Wildman–Crippen MR) is 76.8 cm³/mol. The monoisotopic (exact) mass is 342 g/mol. The van der Waals surface area contributed by atoms with E-state index in [9.17, 15) is 0 Å². The van der Waals surface area contributed by atoms with Crippen molar-refractivity contribution in [3.63, 3.8) is 0 Å². The molecule has 17 heavy (non-hydrogen) atoms. The second-order valence-electron chi connectivity index (χ2n) is 4.62. The van der Waals surface area contributed by atoms with Crippen molar-refractivity contribution in [3.05, 3.63) is 21.8 Å². The number of hydrogen-bond acceptors (Lipinski definition) is 3. The third-order valence-electron chi connectivity index (χ3n) is 3.51. The van der Waals surface area contributed by atoms with Gasteiger partial charge in [0, 0.05) is 5.92 Å². The summed E-state index contributed by atoms with van der Waals surface area (Å²) in [5, 5.41) is 7.44. The van der Waals surface area contributed by atoms with Crippen molar-refractivity contribution < 1.29 is 0 Å². The van der Waals surface area contributed by atoms with Crippen LogP contribution in [0.4, 0.5) is 0 Å². The molecule has 2 heterocycles. The molecular formula is C12H15IN4. The number of fused-ring (bicyclic) bond motifs is 1. The standard InChI is InChI=1S/C12H15IN4/c1-8-10-11(13)16-12(17(10)15-7-14-8)9-5-3-2-4-6-9/h7,9H,1-6H2,(H,14,15). The summed E-state index contributed by atoms with van der Waals surface area (Å²) in [4.78, 5) is 4.70. The lowest BCUT2D eigenvalue weighted by Crippen LogP contribution is -2.20. The van der Waals surface area contributed by atoms with Crippen LogP contribution >= 0.6 is 22.6 Å². The number of nitrogens with zero attached hydrogens (tertiary/aromatic N) is 3. The van der Waals surface area contributed by atoms with Crippen LogP contribution in [0.15, 0.2) is 11.7 Å². The van der Waals surface area contributed by atoms with E-state index >= 15 is 0 Å². The Balaban J connectivity index is 2.04. The molecule has 1 aromatic heterocycles. The summed E-state index contributed by atoms with van der Waals surface area (Å²) in [6, 6.07) is 0. The molecule has 0 saturated heterocycles. The molecule has 2 aliphatic rings. The van der Waals surface area contributed by atoms with Crippen LogP contribution in [0.2, 0.25) is 0 Å². The van der Waals surface area contributed by atoms with E-state index in [1.165, 1.54) is 32.1 Å². The highest BCUT2D eigenvalue weighted by Gasteiger charge is 2.26. The lowest BCUT2D eigenvalue weighted by molar-refractivity contribution is 0.420. The summed E-state index contributed by atoms with van der Waals surface area (Å²) in [7, 11) is 0. The van der Waals surface area contributed by atoms with Gasteiger partial charge in [0.25, 0.3) is 0 Å². The molecule has 3 rings (SSSR count). The maximum absolute atomic E-state index is 4.70. The van der Waals surface area contributed by atoms with Crippen molar-refractivity contribution in [2.24, 2.45) is 5.10 Å². The van der Waals surface area contributed by atoms with Crippen LogP contribution in [0.5, 0.6) is 0 Å². The molecule has 1 aliphatic heterocycles. The molecule has 1 fully saturated rings. The molecule has 4 nitrogen and oxygen atoms in total. The molecule has 0 spiro atoms. The van der Waals surface area contributed by atoms with E-state index in [-0.39, 0.29) is 0 Å². The Hall–Kier alpha value is -0.850. The molecule has 90 valence electrons. The Kier molecular flexibility index (Phi) is 2.94. The molecule has 1 saturated carbocycles. The second-order valence-corrected chi connectivity index (χ2v) is 5.65. The zero-order valence-electron chi connectivity index (χ0n) is 9.62. The molecule has 0 radical (unpaired) electrons. The summed E-state index contributed by atoms with van der Waals surface area (Å²) in [6.45, 7) is 4.01. The van der Waals surface area contributed by atoms with Crippen molar-refractivity contribution in [3.8, 4) is 0 Å². The van der Waals surface area contributed by atoms with Crippen LogP contribution in [-0.2, 0) is 0 Å². The molecule has 0 unspecified atom stereocenters. The van der Waals surface area contributed by atoms with Gasteiger partial charge in [0.1, 0.15) is 21.6 Å². The van der Waals surface area contributed by atoms with Gasteiger partial charge >= 0.3 is 0 Å². The van der Waals surface area contributed by atoms with Crippen molar-refractivity contribution in [1.82, 2.24) is 15.0 Å². The molecule has 1 aliphatic carbocycles. The zero-order chi connectivity index (χ0) is 11.8. The summed E-state index contributed by atoms with van der Waals surface area (Å²) < 4.78 is 2.97. The average Bonchev–Trinajstić information content (AvgIpc) is 2.69. The van der Waals surface area contributed by atoms with E-state index in [0.717, 1.165) is 20.9 Å². The van der Waals surface area contributed by atoms with Gasteiger partial charge in [-0.3, -0.25) is 0 Å². The number of halogens is 1. The fraction of sp³-hybridized carbons (Fsp3) is 0.500. The predicted octanol–water partition coefficient (Wildman–Crippen LogP) is 2.90. The van der Waals surface area contributed by atoms with Crippen LogP contribution < -0.4 is 5.32 Å². The molecular weight excluding hydrogens is 327 g/mol. The minimum absolute atomic E-state index is 0.564. The Morgan fingerprint density at radius 2 is 2.12 bits per heavy atom. The maximum Gasteiger partial charge on any atom is 0.135 e. The van der Waals surface area contributed by atoms with Gasteiger partial charge in [0.15, 0.2) is 0 Å². The van der Waals surface area contributed by atoms with Crippen molar-refractivity contribution >= 4 is 34.6 Å². The highest BCUT2D eigenvalue weighted by atomic mass is 127. The van der Waals surface area contributed by atoms with Gasteiger partial charge in [0.2, 0.25) is 0 Å². The van der Waals surface area contributed by atoms with Gasteiger partial charge in [0.05, 0.1) is 5.70 Å². The minimum atomic E-state index is 0.564. The van der Waals surface area contributed by atoms with E-state index in [4.69, 9.17) is 4.98 Å². The lowest BCUT2D eigenvalue weighted by atomic mass is 9.89. The van der Waals surface area contributed by atoms with Gasteiger partial charge in [-0.2, -0.15) is 5.10 Å². The number of hydrogen-bond donors (Lipinski definition) is 1. The van der Waals surface area contributed by atoms with Crippen LogP contribution in [0.3, 0.4) is 0 Å². The summed E-state index contributed by atoms with van der Waals surface area (Å²) in [5.74, 6) is 1.68. The minimum Gasteiger partial charge on any atom is -0.344 e. The summed E-state index contributed by atoms with van der Waals surface area (Å²) >= 11 is 2.27. The number of rotatable bonds is 1. The number of imidazole rings is 1. The average molecular weight is 342 g/mol. The molecule has 0 bridgehead atoms. The molecule has 0 amide bonds. The van der Waals surface area contributed by atoms with E-state index in [1.807, 2.05) is 4.68 Å². The fourth-order valence-corrected chi connectivity index (χ4v) is 3.43. The van der Waals surface area contributed by atoms with Gasteiger partial charge in [-0.05, 0) is 35.4 Å². The molecule has 0 aromatic carbocycles. The Labute approximate surface area is 114 Å². The SMILES string of the molecule is C=C1NC=Nn2c(C3CCCCC3)nc(I)c21. The highest BCUT2D eigenvalue weighted by Crippen LogP contribution is 2.34. The first-order valence-electron chi connectivity index (χ1n) is 6.04. The Morgan fingerprint density at radius 1 is 1.35 bits per heavy atom. The largest absolute Gasteiger partial charge is 0.344 e. The normalized spacial score (nSPS) is 20.2. The lowest BCUT2D eigenvalue weighted by Gasteiger charge is -2.22. The Bertz CT molecular complexity index is 483. The number of aromatic nitrogens is 2. The quantitative estimate of drug-likeness (QED) is 0.798. The highest BCUT2D eigenvalue weighted by molar-refractivity contribution is 14.1. The van der Waals surface area contributed by atoms with E-state index < -0.39 is 0 Å². The fourth-order valence-electron chi connectivity index (χ4n) is 2.63. The zero-order valence-corrected chi connectivity index (χ0v) is 11.8. The first kappa shape index (κ1) is 11.3. The summed E-state index contributed by atoms with van der Waals surface area (Å²) in [5.41, 5.74) is 1.91. The van der Waals surface area contributed by atoms with Crippen molar-refractivity contribution in [2.45, 2.75) is 38.0 Å². The first-order valence-corrected chi connectivity index (χ1v) is 7.12. The molecule has 0 atom stereocenters. The smallest absolute Gasteiger partial charge is 0.135 e. The van der Waals surface area contributed by atoms with Crippen LogP contribution in [0.1, 0.15) is 49.5 Å². The van der Waals surface area contributed by atoms with Crippen LogP contribution in [-0.4, -0.2) is 16.0 Å². The van der Waals surface area contributed by atoms with Gasteiger partial charge in [-0.15, -0.1) is 0 Å². The maximum atomic E-state index is 4.70. The third kappa shape index (κ3) is 1.90. The topological polar surface area (TPSA) is 42.2 Å². The van der Waals surface area contributed by atoms with E-state index in [0.29, 0.717) is 5.92 Å². The molecule has 5 heteroatoms. The van der Waals surface area contributed by atoms with Gasteiger partial charge < -0.3 is 5.32 Å². The van der Waals surface area contributed by atoms with Gasteiger partial charge in [-0.25, -0.2) is 9.66 Å². The van der Waals surface area contributed by atoms with Gasteiger partial charge in [-0.1, -0.05) is 25.8 Å². The van der Waals surface area contributed by atoms with Crippen molar-refractivity contribution in [1.29, 1.82) is 0 Å². The molecule has 1 N–H and O–H groups in total. The Morgan fingerprint density at radius 3 is 2.88 bits per heavy atom. The van der Waals surface area contributed by atoms with E-state index in [2.05, 4.69) is 39.6 Å². The summed E-state index contributed by atoms with van der Waals surface area (Å²) in [6.07, 6.45) is 8.15. The van der Waals surface area contributed by atoms with E-state index in [1.54, 1.807) is 6.34 Å². The number of nitrogens with one attached hydrogen (secondary N) is 1. The van der Waals surface area contributed by atoms with Crippen molar-refractivity contribution in [2.75, 3.05) is 0 Å². The second kappa shape index (κ2) is 4.44. The first-order chi connectivity index (χ1) is 8.27. The van der Waals surface area contributed by atoms with Crippen LogP contribution in [0.25, 0.3) is 5.70 Å². The van der Waals surface area contributed by atoms with Crippen LogP contribution in [0, 0.1) is 3.70 Å². The third-order valence-corrected chi connectivity index (χ3v) is 4.26. The molecule has 1 aromatic rings.